The van der Waals surface area contributed by atoms with Crippen molar-refractivity contribution in [3.63, 3.8) is 0 Å². The van der Waals surface area contributed by atoms with Crippen LogP contribution < -0.4 is 10.1 Å². The molecular formula is C24H31FN2O5. The molecule has 7 nitrogen and oxygen atoms in total. The van der Waals surface area contributed by atoms with Crippen LogP contribution in [-0.2, 0) is 19.1 Å². The number of carbonyl (C=O) groups is 2. The van der Waals surface area contributed by atoms with Gasteiger partial charge < -0.3 is 24.4 Å². The predicted octanol–water partition coefficient (Wildman–Crippen LogP) is 2.53. The highest BCUT2D eigenvalue weighted by Crippen LogP contribution is 2.41. The number of benzene rings is 1. The van der Waals surface area contributed by atoms with Crippen molar-refractivity contribution in [3.05, 3.63) is 29.6 Å². The Morgan fingerprint density at radius 3 is 2.78 bits per heavy atom. The number of carbonyl (C=O) groups excluding carboxylic acids is 2. The lowest BCUT2D eigenvalue weighted by molar-refractivity contribution is -0.144. The number of nitrogens with zero attached hydrogens (tertiary/aromatic N) is 1. The number of morpholine rings is 1. The lowest BCUT2D eigenvalue weighted by Crippen LogP contribution is -2.65. The van der Waals surface area contributed by atoms with Gasteiger partial charge in [-0.05, 0) is 57.1 Å². The SMILES string of the molecule is C[C@@H]1C[C@]2(COCC(=O)N2)[C@H]2COC3CCC(CC3)c3c(F)cccc3OCCC(=O)N12. The Morgan fingerprint density at radius 1 is 1.19 bits per heavy atom. The number of amides is 2. The van der Waals surface area contributed by atoms with Crippen molar-refractivity contribution in [2.24, 2.45) is 0 Å². The topological polar surface area (TPSA) is 77.1 Å². The summed E-state index contributed by atoms with van der Waals surface area (Å²) in [5, 5.41) is 3.13. The molecule has 2 bridgehead atoms. The molecule has 4 aliphatic heterocycles. The summed E-state index contributed by atoms with van der Waals surface area (Å²) in [7, 11) is 0. The van der Waals surface area contributed by atoms with Gasteiger partial charge in [-0.2, -0.15) is 0 Å². The number of hydrogen-bond donors (Lipinski definition) is 1. The van der Waals surface area contributed by atoms with Gasteiger partial charge in [0.05, 0.1) is 43.9 Å². The minimum absolute atomic E-state index is 0.0471. The average molecular weight is 447 g/mol. The summed E-state index contributed by atoms with van der Waals surface area (Å²) in [5.74, 6) is 0.177. The van der Waals surface area contributed by atoms with Gasteiger partial charge in [-0.1, -0.05) is 6.07 Å². The van der Waals surface area contributed by atoms with Gasteiger partial charge in [-0.3, -0.25) is 9.59 Å². The minimum atomic E-state index is -0.630. The van der Waals surface area contributed by atoms with Crippen LogP contribution in [0.1, 0.15) is 56.9 Å². The van der Waals surface area contributed by atoms with E-state index in [1.807, 2.05) is 11.8 Å². The van der Waals surface area contributed by atoms with E-state index < -0.39 is 5.54 Å². The molecule has 3 fully saturated rings. The molecule has 1 spiro atoms. The highest BCUT2D eigenvalue weighted by Gasteiger charge is 2.55. The first-order chi connectivity index (χ1) is 15.5. The number of ether oxygens (including phenoxy) is 3. The fraction of sp³-hybridized carbons (Fsp3) is 0.667. The molecule has 1 saturated carbocycles. The van der Waals surface area contributed by atoms with Crippen molar-refractivity contribution in [1.82, 2.24) is 10.2 Å². The van der Waals surface area contributed by atoms with Crippen LogP contribution in [0.4, 0.5) is 4.39 Å². The van der Waals surface area contributed by atoms with Crippen molar-refractivity contribution in [1.29, 1.82) is 0 Å². The summed E-state index contributed by atoms with van der Waals surface area (Å²) in [6, 6.07) is 4.58. The van der Waals surface area contributed by atoms with Crippen molar-refractivity contribution in [2.75, 3.05) is 26.4 Å². The summed E-state index contributed by atoms with van der Waals surface area (Å²) in [5.41, 5.74) is -0.00109. The van der Waals surface area contributed by atoms with Crippen LogP contribution in [0.15, 0.2) is 18.2 Å². The van der Waals surface area contributed by atoms with Crippen molar-refractivity contribution in [2.45, 2.75) is 75.1 Å². The monoisotopic (exact) mass is 446 g/mol. The zero-order valence-corrected chi connectivity index (χ0v) is 18.5. The standard InChI is InChI=1S/C24H31FN2O5/c1-15-11-24(14-30-13-21(28)26-24)20-12-32-17-7-5-16(6-8-17)23-18(25)3-2-4-19(23)31-10-9-22(29)27(15)20/h2-4,15-17,20H,5-14H2,1H3,(H,26,28)/t15-,16?,17?,20-,24+/m1/s1. The molecule has 5 aliphatic rings. The average Bonchev–Trinajstić information content (AvgIpc) is 3.02. The van der Waals surface area contributed by atoms with Crippen LogP contribution in [0.3, 0.4) is 0 Å². The molecule has 32 heavy (non-hydrogen) atoms. The van der Waals surface area contributed by atoms with Gasteiger partial charge in [0, 0.05) is 11.6 Å². The fourth-order valence-electron chi connectivity index (χ4n) is 6.12. The molecule has 174 valence electrons. The van der Waals surface area contributed by atoms with Gasteiger partial charge in [-0.15, -0.1) is 0 Å². The van der Waals surface area contributed by atoms with E-state index in [1.54, 1.807) is 12.1 Å². The van der Waals surface area contributed by atoms with E-state index >= 15 is 0 Å². The van der Waals surface area contributed by atoms with E-state index in [-0.39, 0.29) is 61.4 Å². The molecule has 1 aromatic rings. The summed E-state index contributed by atoms with van der Waals surface area (Å²) in [6.45, 7) is 2.95. The molecule has 2 amide bonds. The third kappa shape index (κ3) is 3.88. The molecule has 1 N–H and O–H groups in total. The Labute approximate surface area is 187 Å². The van der Waals surface area contributed by atoms with Crippen LogP contribution in [-0.4, -0.2) is 66.9 Å². The van der Waals surface area contributed by atoms with Crippen LogP contribution in [0.25, 0.3) is 0 Å². The quantitative estimate of drug-likeness (QED) is 0.663. The lowest BCUT2D eigenvalue weighted by atomic mass is 9.82. The third-order valence-electron chi connectivity index (χ3n) is 7.54. The maximum atomic E-state index is 14.7. The number of halogens is 1. The second-order valence-electron chi connectivity index (χ2n) is 9.62. The highest BCUT2D eigenvalue weighted by molar-refractivity contribution is 5.81. The van der Waals surface area contributed by atoms with Gasteiger partial charge in [0.2, 0.25) is 11.8 Å². The molecule has 0 radical (unpaired) electrons. The predicted molar refractivity (Wildman–Crippen MR) is 114 cm³/mol. The molecule has 0 aromatic heterocycles. The van der Waals surface area contributed by atoms with E-state index in [1.165, 1.54) is 6.07 Å². The molecule has 1 aliphatic carbocycles. The Hall–Kier alpha value is -2.19. The molecular weight excluding hydrogens is 415 g/mol. The third-order valence-corrected chi connectivity index (χ3v) is 7.54. The summed E-state index contributed by atoms with van der Waals surface area (Å²) in [6.07, 6.45) is 4.16. The van der Waals surface area contributed by atoms with E-state index in [2.05, 4.69) is 5.32 Å². The van der Waals surface area contributed by atoms with Crippen LogP contribution in [0.5, 0.6) is 5.75 Å². The van der Waals surface area contributed by atoms with Gasteiger partial charge in [0.25, 0.3) is 0 Å². The minimum Gasteiger partial charge on any atom is -0.493 e. The van der Waals surface area contributed by atoms with Crippen molar-refractivity contribution < 1.29 is 28.2 Å². The van der Waals surface area contributed by atoms with E-state index in [4.69, 9.17) is 14.2 Å². The van der Waals surface area contributed by atoms with Crippen molar-refractivity contribution >= 4 is 11.8 Å². The summed E-state index contributed by atoms with van der Waals surface area (Å²) in [4.78, 5) is 27.3. The smallest absolute Gasteiger partial charge is 0.246 e. The zero-order chi connectivity index (χ0) is 22.3. The Balaban J connectivity index is 1.44. The Kier molecular flexibility index (Phi) is 5.84. The zero-order valence-electron chi connectivity index (χ0n) is 18.5. The Bertz CT molecular complexity index is 887. The Morgan fingerprint density at radius 2 is 2.00 bits per heavy atom. The fourth-order valence-corrected chi connectivity index (χ4v) is 6.12. The summed E-state index contributed by atoms with van der Waals surface area (Å²) < 4.78 is 32.6. The van der Waals surface area contributed by atoms with Crippen molar-refractivity contribution in [3.8, 4) is 5.75 Å². The van der Waals surface area contributed by atoms with Crippen LogP contribution >= 0.6 is 0 Å². The van der Waals surface area contributed by atoms with Gasteiger partial charge in [-0.25, -0.2) is 4.39 Å². The van der Waals surface area contributed by atoms with E-state index in [0.717, 1.165) is 25.7 Å². The molecule has 2 saturated heterocycles. The first-order valence-electron chi connectivity index (χ1n) is 11.7. The second-order valence-corrected chi connectivity index (χ2v) is 9.62. The van der Waals surface area contributed by atoms with Crippen LogP contribution in [0.2, 0.25) is 0 Å². The van der Waals surface area contributed by atoms with Crippen LogP contribution in [0, 0.1) is 5.82 Å². The molecule has 6 rings (SSSR count). The van der Waals surface area contributed by atoms with Gasteiger partial charge >= 0.3 is 0 Å². The first-order valence-corrected chi connectivity index (χ1v) is 11.7. The molecule has 0 unspecified atom stereocenters. The number of fused-ring (bicyclic) bond motifs is 6. The number of hydrogen-bond acceptors (Lipinski definition) is 5. The number of nitrogens with one attached hydrogen (secondary N) is 1. The molecule has 1 aromatic carbocycles. The van der Waals surface area contributed by atoms with Gasteiger partial charge in [0.15, 0.2) is 0 Å². The number of rotatable bonds is 0. The molecule has 8 heteroatoms. The normalized spacial score (nSPS) is 35.6. The maximum Gasteiger partial charge on any atom is 0.246 e. The first kappa shape index (κ1) is 21.6. The second kappa shape index (κ2) is 8.63. The molecule has 3 atom stereocenters. The van der Waals surface area contributed by atoms with Gasteiger partial charge in [0.1, 0.15) is 18.2 Å². The van der Waals surface area contributed by atoms with E-state index in [9.17, 15) is 14.0 Å². The highest BCUT2D eigenvalue weighted by atomic mass is 19.1. The lowest BCUT2D eigenvalue weighted by Gasteiger charge is -2.42. The molecule has 4 heterocycles. The maximum absolute atomic E-state index is 14.7. The van der Waals surface area contributed by atoms with E-state index in [0.29, 0.717) is 30.9 Å². The largest absolute Gasteiger partial charge is 0.493 e. The summed E-state index contributed by atoms with van der Waals surface area (Å²) >= 11 is 0.